The van der Waals surface area contributed by atoms with Gasteiger partial charge in [0.25, 0.3) is 0 Å². The first-order valence-corrected chi connectivity index (χ1v) is 9.37. The quantitative estimate of drug-likeness (QED) is 0.436. The van der Waals surface area contributed by atoms with Crippen molar-refractivity contribution in [2.45, 2.75) is 33.8 Å². The van der Waals surface area contributed by atoms with Crippen molar-refractivity contribution in [2.24, 2.45) is 0 Å². The zero-order chi connectivity index (χ0) is 21.6. The zero-order valence-corrected chi connectivity index (χ0v) is 17.0. The molecule has 3 N–H and O–H groups in total. The van der Waals surface area contributed by atoms with Gasteiger partial charge in [-0.15, -0.1) is 0 Å². The van der Waals surface area contributed by atoms with Crippen LogP contribution in [0.2, 0.25) is 0 Å². The number of hydrogen-bond donors (Lipinski definition) is 3. The standard InChI is InChI=1S/C21H26N2O6/c1-5-28-21(27)17-12(2)18(23-13(17)3)19(25)14(4)29-20(26)15-8-6-7-9-16(15)22-10-11-24/h6-9,14,22-24H,5,10-11H2,1-4H3. The first-order valence-electron chi connectivity index (χ1n) is 9.37. The number of aryl methyl sites for hydroxylation is 1. The summed E-state index contributed by atoms with van der Waals surface area (Å²) in [6.45, 7) is 6.91. The van der Waals surface area contributed by atoms with Gasteiger partial charge in [-0.25, -0.2) is 9.59 Å². The van der Waals surface area contributed by atoms with Crippen LogP contribution in [0, 0.1) is 13.8 Å². The smallest absolute Gasteiger partial charge is 0.340 e. The number of rotatable bonds is 9. The lowest BCUT2D eigenvalue weighted by Crippen LogP contribution is -2.26. The Balaban J connectivity index is 2.19. The van der Waals surface area contributed by atoms with Gasteiger partial charge in [0, 0.05) is 17.9 Å². The molecule has 0 amide bonds. The van der Waals surface area contributed by atoms with Crippen molar-refractivity contribution in [3.8, 4) is 0 Å². The van der Waals surface area contributed by atoms with E-state index in [-0.39, 0.29) is 31.0 Å². The lowest BCUT2D eigenvalue weighted by Gasteiger charge is -2.15. The molecule has 2 aromatic rings. The summed E-state index contributed by atoms with van der Waals surface area (Å²) >= 11 is 0. The van der Waals surface area contributed by atoms with Crippen molar-refractivity contribution in [1.82, 2.24) is 4.98 Å². The van der Waals surface area contributed by atoms with E-state index in [1.165, 1.54) is 6.92 Å². The number of esters is 2. The van der Waals surface area contributed by atoms with Crippen molar-refractivity contribution in [3.63, 3.8) is 0 Å². The van der Waals surface area contributed by atoms with E-state index >= 15 is 0 Å². The number of aliphatic hydroxyl groups excluding tert-OH is 1. The van der Waals surface area contributed by atoms with E-state index in [1.54, 1.807) is 45.0 Å². The summed E-state index contributed by atoms with van der Waals surface area (Å²) in [4.78, 5) is 40.4. The maximum Gasteiger partial charge on any atom is 0.340 e. The summed E-state index contributed by atoms with van der Waals surface area (Å²) in [5, 5.41) is 11.9. The van der Waals surface area contributed by atoms with Gasteiger partial charge in [0.2, 0.25) is 5.78 Å². The Hall–Kier alpha value is -3.13. The minimum atomic E-state index is -1.07. The van der Waals surface area contributed by atoms with Gasteiger partial charge in [-0.1, -0.05) is 12.1 Å². The van der Waals surface area contributed by atoms with Crippen LogP contribution in [0.25, 0.3) is 0 Å². The largest absolute Gasteiger partial charge is 0.462 e. The molecule has 29 heavy (non-hydrogen) atoms. The normalized spacial score (nSPS) is 11.6. The molecule has 0 saturated carbocycles. The third kappa shape index (κ3) is 5.03. The molecule has 0 aliphatic heterocycles. The maximum atomic E-state index is 12.8. The molecule has 0 spiro atoms. The number of hydrogen-bond acceptors (Lipinski definition) is 7. The van der Waals surface area contributed by atoms with E-state index in [0.717, 1.165) is 0 Å². The molecule has 1 aromatic carbocycles. The van der Waals surface area contributed by atoms with Gasteiger partial charge in [-0.3, -0.25) is 4.79 Å². The summed E-state index contributed by atoms with van der Waals surface area (Å²) in [5.41, 5.74) is 2.25. The number of carbonyl (C=O) groups is 3. The van der Waals surface area contributed by atoms with Crippen LogP contribution >= 0.6 is 0 Å². The van der Waals surface area contributed by atoms with Gasteiger partial charge in [-0.2, -0.15) is 0 Å². The van der Waals surface area contributed by atoms with Crippen molar-refractivity contribution >= 4 is 23.4 Å². The van der Waals surface area contributed by atoms with Crippen LogP contribution in [0.15, 0.2) is 24.3 Å². The number of carbonyl (C=O) groups excluding carboxylic acids is 3. The topological polar surface area (TPSA) is 118 Å². The average molecular weight is 402 g/mol. The summed E-state index contributed by atoms with van der Waals surface area (Å²) in [7, 11) is 0. The highest BCUT2D eigenvalue weighted by molar-refractivity contribution is 6.05. The molecule has 156 valence electrons. The molecule has 0 saturated heterocycles. The van der Waals surface area contributed by atoms with Crippen LogP contribution in [-0.4, -0.2) is 53.7 Å². The van der Waals surface area contributed by atoms with Crippen LogP contribution in [0.1, 0.15) is 56.3 Å². The van der Waals surface area contributed by atoms with E-state index in [4.69, 9.17) is 14.6 Å². The Labute approximate surface area is 169 Å². The molecule has 1 atom stereocenters. The second-order valence-electron chi connectivity index (χ2n) is 6.45. The number of aromatic nitrogens is 1. The molecule has 0 aliphatic carbocycles. The molecule has 0 bridgehead atoms. The van der Waals surface area contributed by atoms with Crippen LogP contribution < -0.4 is 5.32 Å². The molecule has 8 heteroatoms. The molecule has 1 aromatic heterocycles. The zero-order valence-electron chi connectivity index (χ0n) is 17.0. The molecule has 2 rings (SSSR count). The van der Waals surface area contributed by atoms with Crippen LogP contribution in [0.5, 0.6) is 0 Å². The highest BCUT2D eigenvalue weighted by Gasteiger charge is 2.28. The Kier molecular flexibility index (Phi) is 7.55. The lowest BCUT2D eigenvalue weighted by atomic mass is 10.1. The van der Waals surface area contributed by atoms with Gasteiger partial charge >= 0.3 is 11.9 Å². The Morgan fingerprint density at radius 2 is 1.86 bits per heavy atom. The second kappa shape index (κ2) is 9.88. The predicted molar refractivity (Wildman–Crippen MR) is 107 cm³/mol. The number of benzene rings is 1. The highest BCUT2D eigenvalue weighted by Crippen LogP contribution is 2.22. The van der Waals surface area contributed by atoms with E-state index in [2.05, 4.69) is 10.3 Å². The molecule has 1 unspecified atom stereocenters. The molecule has 8 nitrogen and oxygen atoms in total. The second-order valence-corrected chi connectivity index (χ2v) is 6.45. The van der Waals surface area contributed by atoms with Crippen LogP contribution in [-0.2, 0) is 9.47 Å². The SMILES string of the molecule is CCOC(=O)c1c(C)[nH]c(C(=O)C(C)OC(=O)c2ccccc2NCCO)c1C. The predicted octanol–water partition coefficient (Wildman–Crippen LogP) is 2.64. The maximum absolute atomic E-state index is 12.8. The molecule has 0 aliphatic rings. The molecular weight excluding hydrogens is 376 g/mol. The molecule has 1 heterocycles. The Morgan fingerprint density at radius 3 is 2.52 bits per heavy atom. The molecule has 0 radical (unpaired) electrons. The number of aromatic amines is 1. The summed E-state index contributed by atoms with van der Waals surface area (Å²) < 4.78 is 10.4. The van der Waals surface area contributed by atoms with Gasteiger partial charge in [0.1, 0.15) is 0 Å². The third-order valence-corrected chi connectivity index (χ3v) is 4.39. The Morgan fingerprint density at radius 1 is 1.17 bits per heavy atom. The summed E-state index contributed by atoms with van der Waals surface area (Å²) in [5.74, 6) is -1.62. The minimum Gasteiger partial charge on any atom is -0.462 e. The first-order chi connectivity index (χ1) is 13.8. The minimum absolute atomic E-state index is 0.0908. The fourth-order valence-electron chi connectivity index (χ4n) is 2.99. The van der Waals surface area contributed by atoms with E-state index < -0.39 is 23.8 Å². The van der Waals surface area contributed by atoms with Crippen molar-refractivity contribution in [1.29, 1.82) is 0 Å². The number of ether oxygens (including phenoxy) is 2. The number of H-pyrrole nitrogens is 1. The summed E-state index contributed by atoms with van der Waals surface area (Å²) in [6.07, 6.45) is -1.07. The van der Waals surface area contributed by atoms with E-state index in [0.29, 0.717) is 22.5 Å². The van der Waals surface area contributed by atoms with Crippen molar-refractivity contribution in [3.05, 3.63) is 52.3 Å². The fourth-order valence-corrected chi connectivity index (χ4v) is 2.99. The average Bonchev–Trinajstić information content (AvgIpc) is 3.00. The van der Waals surface area contributed by atoms with Gasteiger partial charge in [0.15, 0.2) is 6.10 Å². The van der Waals surface area contributed by atoms with Crippen molar-refractivity contribution in [2.75, 3.05) is 25.1 Å². The number of aliphatic hydroxyl groups is 1. The van der Waals surface area contributed by atoms with Gasteiger partial charge < -0.3 is 24.9 Å². The first kappa shape index (κ1) is 22.2. The lowest BCUT2D eigenvalue weighted by molar-refractivity contribution is 0.0317. The number of anilines is 1. The van der Waals surface area contributed by atoms with Crippen LogP contribution in [0.4, 0.5) is 5.69 Å². The number of Topliss-reactive ketones (excluding diaryl/α,β-unsaturated/α-hetero) is 1. The molecule has 0 fully saturated rings. The monoisotopic (exact) mass is 402 g/mol. The van der Waals surface area contributed by atoms with Crippen LogP contribution in [0.3, 0.4) is 0 Å². The van der Waals surface area contributed by atoms with Gasteiger partial charge in [-0.05, 0) is 45.4 Å². The van der Waals surface area contributed by atoms with E-state index in [1.807, 2.05) is 0 Å². The summed E-state index contributed by atoms with van der Waals surface area (Å²) in [6, 6.07) is 6.68. The number of para-hydroxylation sites is 1. The Bertz CT molecular complexity index is 903. The highest BCUT2D eigenvalue weighted by atomic mass is 16.5. The number of ketones is 1. The fraction of sp³-hybridized carbons (Fsp3) is 0.381. The van der Waals surface area contributed by atoms with Crippen molar-refractivity contribution < 1.29 is 29.0 Å². The molecular formula is C21H26N2O6. The van der Waals surface area contributed by atoms with Gasteiger partial charge in [0.05, 0.1) is 30.0 Å². The van der Waals surface area contributed by atoms with E-state index in [9.17, 15) is 14.4 Å². The number of nitrogens with one attached hydrogen (secondary N) is 2. The third-order valence-electron chi connectivity index (χ3n) is 4.39.